The van der Waals surface area contributed by atoms with Gasteiger partial charge in [0, 0.05) is 0 Å². The van der Waals surface area contributed by atoms with Crippen molar-refractivity contribution in [2.45, 2.75) is 98.0 Å². The fourth-order valence-electron chi connectivity index (χ4n) is 3.96. The van der Waals surface area contributed by atoms with Crippen LogP contribution in [0.3, 0.4) is 0 Å². The largest absolute Gasteiger partial charge is 0.481 e. The molecule has 1 aliphatic rings. The quantitative estimate of drug-likeness (QED) is 0.560. The van der Waals surface area contributed by atoms with Crippen molar-refractivity contribution in [3.05, 3.63) is 0 Å². The molecule has 0 spiro atoms. The van der Waals surface area contributed by atoms with E-state index in [2.05, 4.69) is 13.8 Å². The molecule has 1 N–H and O–H groups in total. The van der Waals surface area contributed by atoms with E-state index in [4.69, 9.17) is 4.74 Å². The van der Waals surface area contributed by atoms with Gasteiger partial charge >= 0.3 is 11.9 Å². The molecule has 0 aromatic heterocycles. The maximum atomic E-state index is 12.7. The molecule has 4 nitrogen and oxygen atoms in total. The van der Waals surface area contributed by atoms with Gasteiger partial charge in [0.2, 0.25) is 0 Å². The number of rotatable bonds is 9. The molecule has 4 heteroatoms. The Kier molecular flexibility index (Phi) is 8.95. The molecule has 25 heavy (non-hydrogen) atoms. The first-order valence-corrected chi connectivity index (χ1v) is 10.1. The van der Waals surface area contributed by atoms with Gasteiger partial charge < -0.3 is 9.84 Å². The number of carbonyl (C=O) groups excluding carboxylic acids is 1. The lowest BCUT2D eigenvalue weighted by molar-refractivity contribution is -0.163. The van der Waals surface area contributed by atoms with E-state index < -0.39 is 11.6 Å². The maximum absolute atomic E-state index is 12.7. The van der Waals surface area contributed by atoms with E-state index in [-0.39, 0.29) is 17.8 Å². The van der Waals surface area contributed by atoms with Gasteiger partial charge in [-0.15, -0.1) is 0 Å². The fourth-order valence-corrected chi connectivity index (χ4v) is 3.96. The van der Waals surface area contributed by atoms with Gasteiger partial charge in [0.05, 0.1) is 11.8 Å². The number of aliphatic carboxylic acids is 1. The van der Waals surface area contributed by atoms with E-state index >= 15 is 0 Å². The molecule has 1 unspecified atom stereocenters. The van der Waals surface area contributed by atoms with Crippen LogP contribution in [0.2, 0.25) is 0 Å². The summed E-state index contributed by atoms with van der Waals surface area (Å²) in [5, 5.41) is 9.41. The predicted octanol–water partition coefficient (Wildman–Crippen LogP) is 5.44. The van der Waals surface area contributed by atoms with Crippen molar-refractivity contribution in [2.75, 3.05) is 0 Å². The number of carboxylic acid groups (broad SMARTS) is 1. The van der Waals surface area contributed by atoms with Crippen molar-refractivity contribution in [3.8, 4) is 0 Å². The number of hydrogen-bond acceptors (Lipinski definition) is 3. The highest BCUT2D eigenvalue weighted by molar-refractivity contribution is 5.73. The van der Waals surface area contributed by atoms with Crippen LogP contribution >= 0.6 is 0 Å². The Morgan fingerprint density at radius 1 is 1.08 bits per heavy atom. The molecule has 1 aliphatic carbocycles. The Balaban J connectivity index is 2.66. The average Bonchev–Trinajstić information content (AvgIpc) is 2.48. The molecule has 0 bridgehead atoms. The topological polar surface area (TPSA) is 63.6 Å². The fraction of sp³-hybridized carbons (Fsp3) is 0.905. The smallest absolute Gasteiger partial charge is 0.309 e. The lowest BCUT2D eigenvalue weighted by Crippen LogP contribution is -2.33. The minimum absolute atomic E-state index is 0.0759. The van der Waals surface area contributed by atoms with E-state index in [1.54, 1.807) is 0 Å². The number of hydrogen-bond donors (Lipinski definition) is 1. The molecule has 0 aromatic rings. The van der Waals surface area contributed by atoms with Crippen LogP contribution in [0.25, 0.3) is 0 Å². The van der Waals surface area contributed by atoms with Crippen LogP contribution in [-0.2, 0) is 14.3 Å². The predicted molar refractivity (Wildman–Crippen MR) is 100 cm³/mol. The van der Waals surface area contributed by atoms with Crippen LogP contribution in [0.15, 0.2) is 0 Å². The minimum atomic E-state index is -0.708. The maximum Gasteiger partial charge on any atom is 0.309 e. The highest BCUT2D eigenvalue weighted by Crippen LogP contribution is 2.35. The van der Waals surface area contributed by atoms with Gasteiger partial charge in [0.15, 0.2) is 0 Å². The molecule has 0 aliphatic heterocycles. The van der Waals surface area contributed by atoms with Crippen molar-refractivity contribution in [2.24, 2.45) is 23.7 Å². The normalized spacial score (nSPS) is 18.8. The van der Waals surface area contributed by atoms with E-state index in [9.17, 15) is 14.7 Å². The lowest BCUT2D eigenvalue weighted by Gasteiger charge is -2.31. The van der Waals surface area contributed by atoms with Crippen molar-refractivity contribution in [1.29, 1.82) is 0 Å². The molecular formula is C21H38O4. The second-order valence-electron chi connectivity index (χ2n) is 9.13. The van der Waals surface area contributed by atoms with Gasteiger partial charge in [-0.2, -0.15) is 0 Å². The van der Waals surface area contributed by atoms with E-state index in [0.717, 1.165) is 25.7 Å². The summed E-state index contributed by atoms with van der Waals surface area (Å²) < 4.78 is 5.67. The Labute approximate surface area is 153 Å². The van der Waals surface area contributed by atoms with Gasteiger partial charge in [-0.05, 0) is 64.7 Å². The van der Waals surface area contributed by atoms with Crippen LogP contribution in [0, 0.1) is 23.7 Å². The van der Waals surface area contributed by atoms with Crippen molar-refractivity contribution < 1.29 is 19.4 Å². The first-order valence-electron chi connectivity index (χ1n) is 10.1. The van der Waals surface area contributed by atoms with Crippen molar-refractivity contribution in [3.63, 3.8) is 0 Å². The first-order chi connectivity index (χ1) is 11.6. The molecule has 146 valence electrons. The zero-order valence-corrected chi connectivity index (χ0v) is 16.8. The number of carbonyl (C=O) groups is 2. The Morgan fingerprint density at radius 2 is 1.68 bits per heavy atom. The van der Waals surface area contributed by atoms with Crippen molar-refractivity contribution in [1.82, 2.24) is 0 Å². The monoisotopic (exact) mass is 354 g/mol. The van der Waals surface area contributed by atoms with Crippen LogP contribution in [0.1, 0.15) is 92.4 Å². The lowest BCUT2D eigenvalue weighted by atomic mass is 9.77. The zero-order chi connectivity index (χ0) is 19.0. The summed E-state index contributed by atoms with van der Waals surface area (Å²) in [6.07, 6.45) is 8.72. The summed E-state index contributed by atoms with van der Waals surface area (Å²) >= 11 is 0. The number of esters is 1. The van der Waals surface area contributed by atoms with E-state index in [0.29, 0.717) is 24.7 Å². The van der Waals surface area contributed by atoms with Gasteiger partial charge in [-0.1, -0.05) is 39.5 Å². The molecule has 0 aromatic carbocycles. The highest BCUT2D eigenvalue weighted by atomic mass is 16.6. The molecular weight excluding hydrogens is 316 g/mol. The van der Waals surface area contributed by atoms with Crippen LogP contribution in [0.5, 0.6) is 0 Å². The number of ether oxygens (including phenoxy) is 1. The second kappa shape index (κ2) is 10.2. The highest BCUT2D eigenvalue weighted by Gasteiger charge is 2.33. The first kappa shape index (κ1) is 22.0. The van der Waals surface area contributed by atoms with Gasteiger partial charge in [0.25, 0.3) is 0 Å². The van der Waals surface area contributed by atoms with Gasteiger partial charge in [0.1, 0.15) is 5.60 Å². The molecule has 1 saturated carbocycles. The molecule has 1 fully saturated rings. The zero-order valence-electron chi connectivity index (χ0n) is 16.8. The molecule has 1 rings (SSSR count). The number of carboxylic acids is 1. The van der Waals surface area contributed by atoms with Gasteiger partial charge in [-0.25, -0.2) is 0 Å². The molecule has 0 saturated heterocycles. The Bertz CT molecular complexity index is 416. The molecule has 0 heterocycles. The summed E-state index contributed by atoms with van der Waals surface area (Å²) in [6.45, 7) is 9.84. The third kappa shape index (κ3) is 8.73. The summed E-state index contributed by atoms with van der Waals surface area (Å²) in [7, 11) is 0. The Morgan fingerprint density at radius 3 is 2.16 bits per heavy atom. The summed E-state index contributed by atoms with van der Waals surface area (Å²) in [5.74, 6) is -0.396. The SMILES string of the molecule is CC(C)C[C@H](CCCC(C(=O)OC(C)(C)C)C1CCCCC1)C(=O)O. The van der Waals surface area contributed by atoms with Crippen LogP contribution < -0.4 is 0 Å². The second-order valence-corrected chi connectivity index (χ2v) is 9.13. The Hall–Kier alpha value is -1.06. The molecule has 2 atom stereocenters. The minimum Gasteiger partial charge on any atom is -0.481 e. The van der Waals surface area contributed by atoms with Crippen LogP contribution in [0.4, 0.5) is 0 Å². The molecule has 0 amide bonds. The summed E-state index contributed by atoms with van der Waals surface area (Å²) in [4.78, 5) is 24.1. The van der Waals surface area contributed by atoms with Gasteiger partial charge in [-0.3, -0.25) is 9.59 Å². The molecule has 0 radical (unpaired) electrons. The van der Waals surface area contributed by atoms with Crippen LogP contribution in [-0.4, -0.2) is 22.6 Å². The summed E-state index contributed by atoms with van der Waals surface area (Å²) in [6, 6.07) is 0. The third-order valence-corrected chi connectivity index (χ3v) is 5.10. The summed E-state index contributed by atoms with van der Waals surface area (Å²) in [5.41, 5.74) is -0.467. The standard InChI is InChI=1S/C21H38O4/c1-15(2)14-17(19(22)23)12-9-13-18(16-10-7-6-8-11-16)20(24)25-21(3,4)5/h15-18H,6-14H2,1-5H3,(H,22,23)/t17-,18?/m0/s1. The average molecular weight is 355 g/mol. The van der Waals surface area contributed by atoms with E-state index in [1.165, 1.54) is 19.3 Å². The van der Waals surface area contributed by atoms with Crippen molar-refractivity contribution >= 4 is 11.9 Å². The third-order valence-electron chi connectivity index (χ3n) is 5.10. The van der Waals surface area contributed by atoms with E-state index in [1.807, 2.05) is 20.8 Å².